The van der Waals surface area contributed by atoms with Crippen molar-refractivity contribution in [1.29, 1.82) is 0 Å². The first-order valence-electron chi connectivity index (χ1n) is 6.96. The van der Waals surface area contributed by atoms with Gasteiger partial charge in [0.2, 0.25) is 0 Å². The molecule has 0 saturated carbocycles. The molecule has 2 heterocycles. The van der Waals surface area contributed by atoms with Crippen LogP contribution in [0.15, 0.2) is 47.3 Å². The molecule has 108 valence electrons. The third kappa shape index (κ3) is 3.16. The van der Waals surface area contributed by atoms with E-state index in [2.05, 4.69) is 40.1 Å². The van der Waals surface area contributed by atoms with Crippen LogP contribution in [0.25, 0.3) is 10.8 Å². The number of pyridine rings is 1. The van der Waals surface area contributed by atoms with Crippen molar-refractivity contribution in [3.05, 3.63) is 52.9 Å². The molecule has 1 unspecified atom stereocenters. The van der Waals surface area contributed by atoms with Crippen molar-refractivity contribution >= 4 is 27.9 Å². The second kappa shape index (κ2) is 6.14. The molecule has 0 spiro atoms. The Morgan fingerprint density at radius 1 is 1.29 bits per heavy atom. The molecule has 1 aromatic carbocycles. The van der Waals surface area contributed by atoms with Crippen LogP contribution in [0.3, 0.4) is 0 Å². The predicted octanol–water partition coefficient (Wildman–Crippen LogP) is 4.35. The zero-order chi connectivity index (χ0) is 14.7. The quantitative estimate of drug-likeness (QED) is 0.760. The third-order valence-electron chi connectivity index (χ3n) is 3.48. The van der Waals surface area contributed by atoms with Crippen molar-refractivity contribution in [2.24, 2.45) is 0 Å². The van der Waals surface area contributed by atoms with Crippen LogP contribution in [-0.4, -0.2) is 18.1 Å². The Balaban J connectivity index is 1.83. The lowest BCUT2D eigenvalue weighted by Crippen LogP contribution is -2.18. The largest absolute Gasteiger partial charge is 0.497 e. The number of ether oxygens (including phenoxy) is 1. The Kier molecular flexibility index (Phi) is 4.06. The van der Waals surface area contributed by atoms with Gasteiger partial charge in [0.05, 0.1) is 7.11 Å². The number of methoxy groups -OCH3 is 1. The Hall–Kier alpha value is -2.07. The van der Waals surface area contributed by atoms with Gasteiger partial charge in [-0.2, -0.15) is 11.3 Å². The number of nitrogens with one attached hydrogen (secondary N) is 1. The van der Waals surface area contributed by atoms with Gasteiger partial charge >= 0.3 is 0 Å². The minimum Gasteiger partial charge on any atom is -0.497 e. The van der Waals surface area contributed by atoms with Crippen LogP contribution in [0.2, 0.25) is 0 Å². The van der Waals surface area contributed by atoms with E-state index in [0.717, 1.165) is 28.8 Å². The molecule has 3 aromatic rings. The number of hydrogen-bond donors (Lipinski definition) is 1. The molecule has 0 aliphatic rings. The summed E-state index contributed by atoms with van der Waals surface area (Å²) in [6.45, 7) is 2.18. The summed E-state index contributed by atoms with van der Waals surface area (Å²) in [5.74, 6) is 1.80. The molecule has 0 saturated heterocycles. The van der Waals surface area contributed by atoms with Gasteiger partial charge in [-0.3, -0.25) is 0 Å². The van der Waals surface area contributed by atoms with Crippen LogP contribution in [-0.2, 0) is 6.42 Å². The molecule has 3 nitrogen and oxygen atoms in total. The molecule has 4 heteroatoms. The van der Waals surface area contributed by atoms with Crippen LogP contribution in [0.1, 0.15) is 12.5 Å². The predicted molar refractivity (Wildman–Crippen MR) is 89.4 cm³/mol. The van der Waals surface area contributed by atoms with E-state index in [-0.39, 0.29) is 0 Å². The Labute approximate surface area is 128 Å². The molecule has 0 amide bonds. The topological polar surface area (TPSA) is 34.1 Å². The Bertz CT molecular complexity index is 725. The van der Waals surface area contributed by atoms with Gasteiger partial charge < -0.3 is 10.1 Å². The van der Waals surface area contributed by atoms with Gasteiger partial charge in [-0.15, -0.1) is 0 Å². The van der Waals surface area contributed by atoms with E-state index in [1.165, 1.54) is 5.56 Å². The van der Waals surface area contributed by atoms with Gasteiger partial charge in [0.1, 0.15) is 11.6 Å². The third-order valence-corrected chi connectivity index (χ3v) is 4.21. The van der Waals surface area contributed by atoms with Crippen molar-refractivity contribution in [3.8, 4) is 5.75 Å². The van der Waals surface area contributed by atoms with E-state index in [4.69, 9.17) is 4.74 Å². The maximum atomic E-state index is 5.27. The van der Waals surface area contributed by atoms with Crippen molar-refractivity contribution < 1.29 is 4.74 Å². The Morgan fingerprint density at radius 2 is 2.19 bits per heavy atom. The van der Waals surface area contributed by atoms with Gasteiger partial charge in [-0.05, 0) is 65.4 Å². The first kappa shape index (κ1) is 13.9. The summed E-state index contributed by atoms with van der Waals surface area (Å²) < 4.78 is 5.27. The first-order valence-corrected chi connectivity index (χ1v) is 7.91. The minimum absolute atomic E-state index is 0.333. The maximum absolute atomic E-state index is 5.27. The molecule has 1 N–H and O–H groups in total. The van der Waals surface area contributed by atoms with E-state index in [0.29, 0.717) is 6.04 Å². The minimum atomic E-state index is 0.333. The highest BCUT2D eigenvalue weighted by atomic mass is 32.1. The monoisotopic (exact) mass is 298 g/mol. The van der Waals surface area contributed by atoms with Gasteiger partial charge in [-0.1, -0.05) is 0 Å². The molecular formula is C17H18N2OS. The summed E-state index contributed by atoms with van der Waals surface area (Å²) >= 11 is 1.74. The molecule has 0 aliphatic heterocycles. The lowest BCUT2D eigenvalue weighted by molar-refractivity contribution is 0.415. The van der Waals surface area contributed by atoms with E-state index in [1.807, 2.05) is 24.4 Å². The standard InChI is InChI=1S/C17H18N2OS/c1-12(9-13-6-8-21-11-13)19-17-16-4-3-15(20-2)10-14(16)5-7-18-17/h3-8,10-12H,9H2,1-2H3,(H,18,19). The fourth-order valence-corrected chi connectivity index (χ4v) is 3.13. The summed E-state index contributed by atoms with van der Waals surface area (Å²) in [6.07, 6.45) is 2.83. The molecule has 0 bridgehead atoms. The van der Waals surface area contributed by atoms with E-state index < -0.39 is 0 Å². The molecule has 21 heavy (non-hydrogen) atoms. The first-order chi connectivity index (χ1) is 10.3. The van der Waals surface area contributed by atoms with Crippen LogP contribution in [0.5, 0.6) is 5.75 Å². The summed E-state index contributed by atoms with van der Waals surface area (Å²) in [5.41, 5.74) is 1.36. The van der Waals surface area contributed by atoms with Crippen molar-refractivity contribution in [2.45, 2.75) is 19.4 Å². The highest BCUT2D eigenvalue weighted by Crippen LogP contribution is 2.26. The summed E-state index contributed by atoms with van der Waals surface area (Å²) in [7, 11) is 1.68. The number of fused-ring (bicyclic) bond motifs is 1. The number of benzene rings is 1. The van der Waals surface area contributed by atoms with Crippen molar-refractivity contribution in [1.82, 2.24) is 4.98 Å². The smallest absolute Gasteiger partial charge is 0.134 e. The zero-order valence-electron chi connectivity index (χ0n) is 12.2. The van der Waals surface area contributed by atoms with Crippen molar-refractivity contribution in [3.63, 3.8) is 0 Å². The van der Waals surface area contributed by atoms with Gasteiger partial charge in [-0.25, -0.2) is 4.98 Å². The van der Waals surface area contributed by atoms with Crippen LogP contribution < -0.4 is 10.1 Å². The van der Waals surface area contributed by atoms with Gasteiger partial charge in [0.25, 0.3) is 0 Å². The molecule has 0 aliphatic carbocycles. The second-order valence-electron chi connectivity index (χ2n) is 5.13. The number of aromatic nitrogens is 1. The zero-order valence-corrected chi connectivity index (χ0v) is 13.0. The van der Waals surface area contributed by atoms with Crippen LogP contribution in [0.4, 0.5) is 5.82 Å². The number of anilines is 1. The van der Waals surface area contributed by atoms with E-state index in [9.17, 15) is 0 Å². The number of rotatable bonds is 5. The van der Waals surface area contributed by atoms with Gasteiger partial charge in [0, 0.05) is 17.6 Å². The highest BCUT2D eigenvalue weighted by Gasteiger charge is 2.08. The maximum Gasteiger partial charge on any atom is 0.134 e. The fourth-order valence-electron chi connectivity index (χ4n) is 2.44. The number of nitrogens with zero attached hydrogens (tertiary/aromatic N) is 1. The summed E-state index contributed by atoms with van der Waals surface area (Å²) in [6, 6.07) is 10.6. The average Bonchev–Trinajstić information content (AvgIpc) is 2.99. The number of hydrogen-bond acceptors (Lipinski definition) is 4. The molecule has 0 fully saturated rings. The molecule has 2 aromatic heterocycles. The molecular weight excluding hydrogens is 280 g/mol. The van der Waals surface area contributed by atoms with Crippen molar-refractivity contribution in [2.75, 3.05) is 12.4 Å². The Morgan fingerprint density at radius 3 is 2.95 bits per heavy atom. The van der Waals surface area contributed by atoms with E-state index >= 15 is 0 Å². The summed E-state index contributed by atoms with van der Waals surface area (Å²) in [4.78, 5) is 4.48. The van der Waals surface area contributed by atoms with Crippen LogP contribution >= 0.6 is 11.3 Å². The fraction of sp³-hybridized carbons (Fsp3) is 0.235. The lowest BCUT2D eigenvalue weighted by atomic mass is 10.1. The molecule has 0 radical (unpaired) electrons. The van der Waals surface area contributed by atoms with Gasteiger partial charge in [0.15, 0.2) is 0 Å². The SMILES string of the molecule is COc1ccc2c(NC(C)Cc3ccsc3)nccc2c1. The molecule has 3 rings (SSSR count). The second-order valence-corrected chi connectivity index (χ2v) is 5.91. The molecule has 1 atom stereocenters. The number of thiophene rings is 1. The van der Waals surface area contributed by atoms with E-state index in [1.54, 1.807) is 18.4 Å². The summed E-state index contributed by atoms with van der Waals surface area (Å²) in [5, 5.41) is 10.1. The highest BCUT2D eigenvalue weighted by molar-refractivity contribution is 7.07. The normalized spacial score (nSPS) is 12.3. The van der Waals surface area contributed by atoms with Crippen LogP contribution in [0, 0.1) is 0 Å². The average molecular weight is 298 g/mol. The lowest BCUT2D eigenvalue weighted by Gasteiger charge is -2.15.